The lowest BCUT2D eigenvalue weighted by molar-refractivity contribution is -0.122. The Labute approximate surface area is 193 Å². The summed E-state index contributed by atoms with van der Waals surface area (Å²) in [6.45, 7) is 6.28. The largest absolute Gasteiger partial charge is 0.457 e. The Bertz CT molecular complexity index is 1170. The van der Waals surface area contributed by atoms with E-state index < -0.39 is 5.92 Å². The molecule has 1 aliphatic rings. The van der Waals surface area contributed by atoms with Crippen LogP contribution < -0.4 is 15.0 Å². The van der Waals surface area contributed by atoms with E-state index >= 15 is 0 Å². The average Bonchev–Trinajstić information content (AvgIpc) is 3.16. The van der Waals surface area contributed by atoms with Crippen LogP contribution in [0.25, 0.3) is 0 Å². The number of amides is 2. The second-order valence-corrected chi connectivity index (χ2v) is 8.51. The van der Waals surface area contributed by atoms with E-state index in [1.54, 1.807) is 23.1 Å². The molecule has 0 spiro atoms. The normalized spacial score (nSPS) is 15.7. The van der Waals surface area contributed by atoms with Gasteiger partial charge in [0.1, 0.15) is 11.5 Å². The minimum atomic E-state index is -0.424. The summed E-state index contributed by atoms with van der Waals surface area (Å²) in [5.74, 6) is 0.821. The summed E-state index contributed by atoms with van der Waals surface area (Å²) in [4.78, 5) is 27.0. The van der Waals surface area contributed by atoms with Crippen molar-refractivity contribution in [3.05, 3.63) is 82.4 Å². The molecular weight excluding hydrogens is 424 g/mol. The Kier molecular flexibility index (Phi) is 6.19. The van der Waals surface area contributed by atoms with E-state index in [4.69, 9.17) is 16.3 Å². The second kappa shape index (κ2) is 9.05. The topological polar surface area (TPSA) is 58.6 Å². The van der Waals surface area contributed by atoms with Crippen LogP contribution in [0.15, 0.2) is 60.7 Å². The summed E-state index contributed by atoms with van der Waals surface area (Å²) in [5.41, 5.74) is 4.51. The Balaban J connectivity index is 1.40. The molecule has 5 nitrogen and oxygen atoms in total. The first-order valence-electron chi connectivity index (χ1n) is 10.5. The quantitative estimate of drug-likeness (QED) is 0.517. The molecule has 0 unspecified atom stereocenters. The molecule has 1 heterocycles. The molecule has 3 aromatic carbocycles. The highest BCUT2D eigenvalue weighted by molar-refractivity contribution is 6.31. The van der Waals surface area contributed by atoms with Gasteiger partial charge >= 0.3 is 0 Å². The SMILES string of the molecule is Cc1cccc(Oc2ccc(NC(=O)[C@H]3CC(=O)N(c4cccc(Cl)c4C)C3)cc2)c1C. The van der Waals surface area contributed by atoms with Crippen LogP contribution in [0, 0.1) is 26.7 Å². The summed E-state index contributed by atoms with van der Waals surface area (Å²) in [7, 11) is 0. The van der Waals surface area contributed by atoms with Gasteiger partial charge < -0.3 is 15.0 Å². The Morgan fingerprint density at radius 3 is 2.47 bits per heavy atom. The van der Waals surface area contributed by atoms with Gasteiger partial charge in [-0.1, -0.05) is 29.8 Å². The first kappa shape index (κ1) is 21.9. The van der Waals surface area contributed by atoms with Gasteiger partial charge in [0.25, 0.3) is 0 Å². The third kappa shape index (κ3) is 4.48. The second-order valence-electron chi connectivity index (χ2n) is 8.10. The van der Waals surface area contributed by atoms with Crippen molar-refractivity contribution in [1.82, 2.24) is 0 Å². The maximum atomic E-state index is 12.8. The van der Waals surface area contributed by atoms with Crippen molar-refractivity contribution in [2.75, 3.05) is 16.8 Å². The zero-order chi connectivity index (χ0) is 22.8. The number of anilines is 2. The number of rotatable bonds is 5. The van der Waals surface area contributed by atoms with Gasteiger partial charge in [0.15, 0.2) is 0 Å². The lowest BCUT2D eigenvalue weighted by atomic mass is 10.1. The predicted molar refractivity (Wildman–Crippen MR) is 128 cm³/mol. The molecule has 164 valence electrons. The number of nitrogens with zero attached hydrogens (tertiary/aromatic N) is 1. The van der Waals surface area contributed by atoms with Crippen LogP contribution in [0.1, 0.15) is 23.1 Å². The fraction of sp³-hybridized carbons (Fsp3) is 0.231. The first-order valence-corrected chi connectivity index (χ1v) is 10.9. The molecule has 1 atom stereocenters. The molecule has 3 aromatic rings. The van der Waals surface area contributed by atoms with Crippen LogP contribution in [0.2, 0.25) is 5.02 Å². The van der Waals surface area contributed by atoms with Gasteiger partial charge in [-0.3, -0.25) is 9.59 Å². The van der Waals surface area contributed by atoms with E-state index in [0.717, 1.165) is 22.6 Å². The first-order chi connectivity index (χ1) is 15.3. The molecule has 6 heteroatoms. The number of ether oxygens (including phenoxy) is 1. The van der Waals surface area contributed by atoms with Gasteiger partial charge in [0.2, 0.25) is 11.8 Å². The van der Waals surface area contributed by atoms with E-state index in [9.17, 15) is 9.59 Å². The van der Waals surface area contributed by atoms with Gasteiger partial charge in [0, 0.05) is 29.4 Å². The molecule has 0 aliphatic carbocycles. The standard InChI is InChI=1S/C26H25ClN2O3/c1-16-6-4-9-24(17(16)2)32-21-12-10-20(11-13-21)28-26(31)19-14-25(30)29(15-19)23-8-5-7-22(27)18(23)3/h4-13,19H,14-15H2,1-3H3,(H,28,31)/t19-/m0/s1. The van der Waals surface area contributed by atoms with Crippen LogP contribution in [0.4, 0.5) is 11.4 Å². The van der Waals surface area contributed by atoms with Crippen molar-refractivity contribution in [3.8, 4) is 11.5 Å². The molecule has 1 fully saturated rings. The van der Waals surface area contributed by atoms with Gasteiger partial charge in [-0.15, -0.1) is 0 Å². The molecule has 1 saturated heterocycles. The summed E-state index contributed by atoms with van der Waals surface area (Å²) < 4.78 is 5.97. The molecule has 1 aliphatic heterocycles. The molecular formula is C26H25ClN2O3. The average molecular weight is 449 g/mol. The lowest BCUT2D eigenvalue weighted by Crippen LogP contribution is -2.28. The van der Waals surface area contributed by atoms with Crippen LogP contribution in [-0.2, 0) is 9.59 Å². The molecule has 0 bridgehead atoms. The van der Waals surface area contributed by atoms with Crippen molar-refractivity contribution in [2.45, 2.75) is 27.2 Å². The van der Waals surface area contributed by atoms with Crippen LogP contribution >= 0.6 is 11.6 Å². The van der Waals surface area contributed by atoms with Gasteiger partial charge in [-0.05, 0) is 79.9 Å². The van der Waals surface area contributed by atoms with Crippen LogP contribution in [-0.4, -0.2) is 18.4 Å². The van der Waals surface area contributed by atoms with Crippen molar-refractivity contribution in [1.29, 1.82) is 0 Å². The smallest absolute Gasteiger partial charge is 0.229 e. The van der Waals surface area contributed by atoms with E-state index in [0.29, 0.717) is 23.0 Å². The van der Waals surface area contributed by atoms with Crippen LogP contribution in [0.5, 0.6) is 11.5 Å². The molecule has 4 rings (SSSR count). The number of benzene rings is 3. The minimum Gasteiger partial charge on any atom is -0.457 e. The highest BCUT2D eigenvalue weighted by atomic mass is 35.5. The van der Waals surface area contributed by atoms with Gasteiger partial charge in [0.05, 0.1) is 5.92 Å². The van der Waals surface area contributed by atoms with E-state index in [1.807, 2.05) is 63.2 Å². The van der Waals surface area contributed by atoms with Crippen molar-refractivity contribution in [2.24, 2.45) is 5.92 Å². The van der Waals surface area contributed by atoms with Crippen molar-refractivity contribution < 1.29 is 14.3 Å². The number of hydrogen-bond donors (Lipinski definition) is 1. The zero-order valence-electron chi connectivity index (χ0n) is 18.3. The third-order valence-corrected chi connectivity index (χ3v) is 6.34. The summed E-state index contributed by atoms with van der Waals surface area (Å²) in [6, 6.07) is 18.6. The zero-order valence-corrected chi connectivity index (χ0v) is 19.1. The monoisotopic (exact) mass is 448 g/mol. The Morgan fingerprint density at radius 1 is 1.00 bits per heavy atom. The summed E-state index contributed by atoms with van der Waals surface area (Å²) in [6.07, 6.45) is 0.172. The number of nitrogens with one attached hydrogen (secondary N) is 1. The Morgan fingerprint density at radius 2 is 1.72 bits per heavy atom. The maximum absolute atomic E-state index is 12.8. The lowest BCUT2D eigenvalue weighted by Gasteiger charge is -2.19. The van der Waals surface area contributed by atoms with Gasteiger partial charge in [-0.2, -0.15) is 0 Å². The summed E-state index contributed by atoms with van der Waals surface area (Å²) in [5, 5.41) is 3.52. The Hall–Kier alpha value is -3.31. The number of carbonyl (C=O) groups excluding carboxylic acids is 2. The summed E-state index contributed by atoms with van der Waals surface area (Å²) >= 11 is 6.20. The highest BCUT2D eigenvalue weighted by Crippen LogP contribution is 2.32. The molecule has 2 amide bonds. The fourth-order valence-corrected chi connectivity index (χ4v) is 3.99. The van der Waals surface area contributed by atoms with Crippen molar-refractivity contribution >= 4 is 34.8 Å². The van der Waals surface area contributed by atoms with Crippen molar-refractivity contribution in [3.63, 3.8) is 0 Å². The van der Waals surface area contributed by atoms with Gasteiger partial charge in [-0.25, -0.2) is 0 Å². The molecule has 0 aromatic heterocycles. The predicted octanol–water partition coefficient (Wildman–Crippen LogP) is 6.05. The molecule has 32 heavy (non-hydrogen) atoms. The number of aryl methyl sites for hydroxylation is 1. The van der Waals surface area contributed by atoms with E-state index in [-0.39, 0.29) is 18.2 Å². The minimum absolute atomic E-state index is 0.0761. The van der Waals surface area contributed by atoms with Crippen LogP contribution in [0.3, 0.4) is 0 Å². The van der Waals surface area contributed by atoms with E-state index in [1.165, 1.54) is 5.56 Å². The third-order valence-electron chi connectivity index (χ3n) is 5.93. The number of hydrogen-bond acceptors (Lipinski definition) is 3. The van der Waals surface area contributed by atoms with E-state index in [2.05, 4.69) is 5.32 Å². The number of carbonyl (C=O) groups is 2. The fourth-order valence-electron chi connectivity index (χ4n) is 3.82. The highest BCUT2D eigenvalue weighted by Gasteiger charge is 2.35. The molecule has 1 N–H and O–H groups in total. The molecule has 0 saturated carbocycles. The maximum Gasteiger partial charge on any atom is 0.229 e. The molecule has 0 radical (unpaired) electrons. The number of halogens is 1.